The van der Waals surface area contributed by atoms with Crippen molar-refractivity contribution in [3.8, 4) is 11.3 Å². The number of benzene rings is 1. The first kappa shape index (κ1) is 14.8. The number of nitrogens with zero attached hydrogens (tertiary/aromatic N) is 1. The number of pyridine rings is 1. The first-order valence-corrected chi connectivity index (χ1v) is 6.07. The second-order valence-electron chi connectivity index (χ2n) is 3.87. The van der Waals surface area contributed by atoms with Gasteiger partial charge in [-0.3, -0.25) is 9.78 Å². The van der Waals surface area contributed by atoms with Crippen LogP contribution >= 0.6 is 23.2 Å². The molecule has 1 heterocycles. The van der Waals surface area contributed by atoms with Gasteiger partial charge in [0.15, 0.2) is 6.29 Å². The molecule has 0 spiro atoms. The van der Waals surface area contributed by atoms with Crippen LogP contribution in [-0.4, -0.2) is 11.3 Å². The summed E-state index contributed by atoms with van der Waals surface area (Å²) in [6.45, 7) is 0. The minimum atomic E-state index is -4.65. The van der Waals surface area contributed by atoms with E-state index < -0.39 is 17.3 Å². The molecule has 0 radical (unpaired) electrons. The summed E-state index contributed by atoms with van der Waals surface area (Å²) in [6.07, 6.45) is -3.93. The molecule has 0 aliphatic rings. The zero-order valence-corrected chi connectivity index (χ0v) is 11.2. The number of aromatic nitrogens is 1. The predicted octanol–water partition coefficient (Wildman–Crippen LogP) is 4.89. The topological polar surface area (TPSA) is 30.0 Å². The van der Waals surface area contributed by atoms with E-state index in [0.717, 1.165) is 6.07 Å². The first-order chi connectivity index (χ1) is 9.34. The minimum absolute atomic E-state index is 0.107. The van der Waals surface area contributed by atoms with Crippen molar-refractivity contribution < 1.29 is 18.0 Å². The second-order valence-corrected chi connectivity index (χ2v) is 4.68. The van der Waals surface area contributed by atoms with Gasteiger partial charge in [-0.2, -0.15) is 13.2 Å². The third-order valence-electron chi connectivity index (χ3n) is 2.59. The fourth-order valence-electron chi connectivity index (χ4n) is 1.68. The molecule has 0 saturated heterocycles. The van der Waals surface area contributed by atoms with E-state index in [0.29, 0.717) is 6.20 Å². The summed E-state index contributed by atoms with van der Waals surface area (Å²) in [4.78, 5) is 14.5. The molecule has 0 atom stereocenters. The monoisotopic (exact) mass is 319 g/mol. The Kier molecular flexibility index (Phi) is 4.01. The van der Waals surface area contributed by atoms with E-state index in [9.17, 15) is 18.0 Å². The Morgan fingerprint density at radius 3 is 2.25 bits per heavy atom. The number of carbonyl (C=O) groups is 1. The summed E-state index contributed by atoms with van der Waals surface area (Å²) in [6, 6.07) is 5.67. The molecule has 0 amide bonds. The molecule has 1 aromatic carbocycles. The number of alkyl halides is 3. The van der Waals surface area contributed by atoms with Gasteiger partial charge < -0.3 is 0 Å². The molecule has 0 aliphatic heterocycles. The van der Waals surface area contributed by atoms with Gasteiger partial charge in [-0.25, -0.2) is 0 Å². The van der Waals surface area contributed by atoms with Crippen molar-refractivity contribution in [2.45, 2.75) is 6.18 Å². The Labute approximate surface area is 122 Å². The molecule has 0 N–H and O–H groups in total. The molecule has 2 aromatic rings. The molecule has 2 nitrogen and oxygen atoms in total. The van der Waals surface area contributed by atoms with Crippen LogP contribution in [0.4, 0.5) is 13.2 Å². The highest BCUT2D eigenvalue weighted by molar-refractivity contribution is 6.39. The molecule has 0 unspecified atom stereocenters. The van der Waals surface area contributed by atoms with Crippen molar-refractivity contribution >= 4 is 29.5 Å². The van der Waals surface area contributed by atoms with Gasteiger partial charge in [0, 0.05) is 17.3 Å². The van der Waals surface area contributed by atoms with E-state index in [-0.39, 0.29) is 27.6 Å². The zero-order chi connectivity index (χ0) is 14.9. The molecule has 7 heteroatoms. The maximum Gasteiger partial charge on any atom is 0.418 e. The Bertz CT molecular complexity index is 651. The number of aldehydes is 1. The van der Waals surface area contributed by atoms with Crippen LogP contribution in [-0.2, 0) is 6.18 Å². The zero-order valence-electron chi connectivity index (χ0n) is 9.71. The summed E-state index contributed by atoms with van der Waals surface area (Å²) < 4.78 is 38.0. The van der Waals surface area contributed by atoms with E-state index in [2.05, 4.69) is 4.98 Å². The fraction of sp³-hybridized carbons (Fsp3) is 0.0769. The highest BCUT2D eigenvalue weighted by Crippen LogP contribution is 2.36. The predicted molar refractivity (Wildman–Crippen MR) is 70.1 cm³/mol. The summed E-state index contributed by atoms with van der Waals surface area (Å²) in [5, 5.41) is 0.475. The Morgan fingerprint density at radius 1 is 1.15 bits per heavy atom. The number of carbonyl (C=O) groups excluding carboxylic acids is 1. The van der Waals surface area contributed by atoms with Crippen LogP contribution in [0, 0.1) is 0 Å². The maximum absolute atomic E-state index is 12.7. The Morgan fingerprint density at radius 2 is 1.75 bits per heavy atom. The minimum Gasteiger partial charge on any atom is -0.298 e. The Hall–Kier alpha value is -1.59. The molecule has 0 fully saturated rings. The van der Waals surface area contributed by atoms with Gasteiger partial charge >= 0.3 is 6.18 Å². The van der Waals surface area contributed by atoms with Gasteiger partial charge in [-0.1, -0.05) is 29.3 Å². The summed E-state index contributed by atoms with van der Waals surface area (Å²) >= 11 is 11.9. The highest BCUT2D eigenvalue weighted by atomic mass is 35.5. The number of hydrogen-bond acceptors (Lipinski definition) is 2. The largest absolute Gasteiger partial charge is 0.418 e. The molecular formula is C13H6Cl2F3NO. The van der Waals surface area contributed by atoms with Crippen LogP contribution in [0.3, 0.4) is 0 Å². The van der Waals surface area contributed by atoms with Crippen LogP contribution in [0.15, 0.2) is 30.5 Å². The maximum atomic E-state index is 12.7. The van der Waals surface area contributed by atoms with E-state index in [1.54, 1.807) is 6.07 Å². The lowest BCUT2D eigenvalue weighted by Crippen LogP contribution is -2.10. The molecule has 1 aromatic heterocycles. The lowest BCUT2D eigenvalue weighted by molar-refractivity contribution is -0.138. The van der Waals surface area contributed by atoms with Crippen molar-refractivity contribution in [2.24, 2.45) is 0 Å². The first-order valence-electron chi connectivity index (χ1n) is 5.31. The standard InChI is InChI=1S/C13H6Cl2F3NO/c14-9-2-1-3-10(15)12(9)11-4-7(6-20)8(5-19-11)13(16,17)18/h1-6H. The van der Waals surface area contributed by atoms with Crippen LogP contribution < -0.4 is 0 Å². The van der Waals surface area contributed by atoms with Crippen molar-refractivity contribution in [2.75, 3.05) is 0 Å². The average molecular weight is 320 g/mol. The van der Waals surface area contributed by atoms with Gasteiger partial charge in [0.25, 0.3) is 0 Å². The van der Waals surface area contributed by atoms with Crippen LogP contribution in [0.2, 0.25) is 10.0 Å². The Balaban J connectivity index is 2.64. The van der Waals surface area contributed by atoms with Crippen molar-refractivity contribution in [1.29, 1.82) is 0 Å². The van der Waals surface area contributed by atoms with Gasteiger partial charge in [-0.15, -0.1) is 0 Å². The summed E-state index contributed by atoms with van der Waals surface area (Å²) in [7, 11) is 0. The normalized spacial score (nSPS) is 11.4. The van der Waals surface area contributed by atoms with Crippen molar-refractivity contribution in [3.05, 3.63) is 51.6 Å². The second kappa shape index (κ2) is 5.42. The molecule has 2 rings (SSSR count). The van der Waals surface area contributed by atoms with Crippen molar-refractivity contribution in [3.63, 3.8) is 0 Å². The van der Waals surface area contributed by atoms with E-state index in [4.69, 9.17) is 23.2 Å². The van der Waals surface area contributed by atoms with Crippen LogP contribution in [0.5, 0.6) is 0 Å². The molecule has 104 valence electrons. The van der Waals surface area contributed by atoms with Gasteiger partial charge in [0.05, 0.1) is 21.3 Å². The number of hydrogen-bond donors (Lipinski definition) is 0. The highest BCUT2D eigenvalue weighted by Gasteiger charge is 2.34. The lowest BCUT2D eigenvalue weighted by atomic mass is 10.1. The third-order valence-corrected chi connectivity index (χ3v) is 3.22. The molecular weight excluding hydrogens is 314 g/mol. The summed E-state index contributed by atoms with van der Waals surface area (Å²) in [5.41, 5.74) is -1.22. The van der Waals surface area contributed by atoms with E-state index >= 15 is 0 Å². The molecule has 20 heavy (non-hydrogen) atoms. The molecule has 0 bridgehead atoms. The van der Waals surface area contributed by atoms with Gasteiger partial charge in [0.1, 0.15) is 0 Å². The molecule has 0 aliphatic carbocycles. The van der Waals surface area contributed by atoms with Crippen LogP contribution in [0.1, 0.15) is 15.9 Å². The third kappa shape index (κ3) is 2.78. The van der Waals surface area contributed by atoms with Gasteiger partial charge in [0.2, 0.25) is 0 Å². The summed E-state index contributed by atoms with van der Waals surface area (Å²) in [5.74, 6) is 0. The lowest BCUT2D eigenvalue weighted by Gasteiger charge is -2.11. The van der Waals surface area contributed by atoms with Crippen LogP contribution in [0.25, 0.3) is 11.3 Å². The van der Waals surface area contributed by atoms with E-state index in [1.165, 1.54) is 12.1 Å². The number of halogens is 5. The molecule has 0 saturated carbocycles. The quantitative estimate of drug-likeness (QED) is 0.738. The van der Waals surface area contributed by atoms with Crippen molar-refractivity contribution in [1.82, 2.24) is 4.98 Å². The fourth-order valence-corrected chi connectivity index (χ4v) is 2.28. The smallest absolute Gasteiger partial charge is 0.298 e. The van der Waals surface area contributed by atoms with E-state index in [1.807, 2.05) is 0 Å². The average Bonchev–Trinajstić information content (AvgIpc) is 2.37. The van der Waals surface area contributed by atoms with Gasteiger partial charge in [-0.05, 0) is 18.2 Å². The number of rotatable bonds is 2. The SMILES string of the molecule is O=Cc1cc(-c2c(Cl)cccc2Cl)ncc1C(F)(F)F.